The Hall–Kier alpha value is -1.30. The second kappa shape index (κ2) is 13.0. The molecule has 152 valence electrons. The van der Waals surface area contributed by atoms with E-state index in [0.29, 0.717) is 32.0 Å². The molecule has 0 saturated heterocycles. The fourth-order valence-electron chi connectivity index (χ4n) is 3.66. The number of hydrogen-bond acceptors (Lipinski definition) is 3. The van der Waals surface area contributed by atoms with Gasteiger partial charge in [0.1, 0.15) is 0 Å². The Kier molecular flexibility index (Phi) is 11.3. The molecule has 26 heavy (non-hydrogen) atoms. The lowest BCUT2D eigenvalue weighted by Crippen LogP contribution is -2.42. The van der Waals surface area contributed by atoms with Crippen LogP contribution in [0.5, 0.6) is 0 Å². The minimum Gasteiger partial charge on any atom is -0.396 e. The molecular weight excluding hydrogens is 328 g/mol. The van der Waals surface area contributed by atoms with Gasteiger partial charge in [-0.2, -0.15) is 0 Å². The van der Waals surface area contributed by atoms with Crippen molar-refractivity contribution in [3.05, 3.63) is 0 Å². The number of aliphatic imine (C=N–C) groups is 1. The number of aliphatic hydroxyl groups is 1. The predicted octanol–water partition coefficient (Wildman–Crippen LogP) is 2.43. The summed E-state index contributed by atoms with van der Waals surface area (Å²) in [4.78, 5) is 16.7. The van der Waals surface area contributed by atoms with Gasteiger partial charge >= 0.3 is 0 Å². The molecule has 0 unspecified atom stereocenters. The van der Waals surface area contributed by atoms with Gasteiger partial charge < -0.3 is 21.1 Å². The Morgan fingerprint density at radius 2 is 1.73 bits per heavy atom. The summed E-state index contributed by atoms with van der Waals surface area (Å²) in [6.45, 7) is 9.33. The van der Waals surface area contributed by atoms with Crippen LogP contribution >= 0.6 is 0 Å². The summed E-state index contributed by atoms with van der Waals surface area (Å²) in [5.74, 6) is 1.53. The van der Waals surface area contributed by atoms with Gasteiger partial charge in [-0.1, -0.05) is 26.7 Å². The molecule has 1 fully saturated rings. The van der Waals surface area contributed by atoms with Gasteiger partial charge in [0, 0.05) is 39.2 Å². The standard InChI is InChI=1S/C20H40N4O2/c1-4-20(5-2,11-14-25)16-24-19(21-6-3)23-13-12-22-18(26)15-17-9-7-8-10-17/h17,25H,4-16H2,1-3H3,(H,22,26)(H2,21,23,24). The van der Waals surface area contributed by atoms with Gasteiger partial charge in [0.05, 0.1) is 0 Å². The van der Waals surface area contributed by atoms with Crippen LogP contribution in [0.3, 0.4) is 0 Å². The molecular formula is C20H40N4O2. The van der Waals surface area contributed by atoms with Crippen LogP contribution in [-0.4, -0.2) is 49.8 Å². The predicted molar refractivity (Wildman–Crippen MR) is 108 cm³/mol. The average molecular weight is 369 g/mol. The molecule has 0 aromatic heterocycles. The van der Waals surface area contributed by atoms with Crippen LogP contribution in [-0.2, 0) is 4.79 Å². The van der Waals surface area contributed by atoms with E-state index in [9.17, 15) is 9.90 Å². The first kappa shape index (κ1) is 22.7. The lowest BCUT2D eigenvalue weighted by molar-refractivity contribution is -0.121. The first-order valence-electron chi connectivity index (χ1n) is 10.5. The monoisotopic (exact) mass is 368 g/mol. The molecule has 6 nitrogen and oxygen atoms in total. The number of carbonyl (C=O) groups excluding carboxylic acids is 1. The number of rotatable bonds is 12. The highest BCUT2D eigenvalue weighted by molar-refractivity contribution is 5.80. The van der Waals surface area contributed by atoms with Crippen LogP contribution in [0.25, 0.3) is 0 Å². The first-order chi connectivity index (χ1) is 12.6. The summed E-state index contributed by atoms with van der Waals surface area (Å²) in [5.41, 5.74) is 0.0621. The van der Waals surface area contributed by atoms with Crippen LogP contribution in [0.15, 0.2) is 4.99 Å². The third-order valence-electron chi connectivity index (χ3n) is 5.75. The Morgan fingerprint density at radius 3 is 2.31 bits per heavy atom. The quantitative estimate of drug-likeness (QED) is 0.242. The maximum Gasteiger partial charge on any atom is 0.220 e. The fourth-order valence-corrected chi connectivity index (χ4v) is 3.66. The molecule has 0 spiro atoms. The third kappa shape index (κ3) is 8.39. The normalized spacial score (nSPS) is 15.9. The van der Waals surface area contributed by atoms with E-state index in [0.717, 1.165) is 31.8 Å². The van der Waals surface area contributed by atoms with E-state index >= 15 is 0 Å². The highest BCUT2D eigenvalue weighted by Crippen LogP contribution is 2.30. The largest absolute Gasteiger partial charge is 0.396 e. The van der Waals surface area contributed by atoms with Gasteiger partial charge in [-0.3, -0.25) is 9.79 Å². The summed E-state index contributed by atoms with van der Waals surface area (Å²) >= 11 is 0. The van der Waals surface area contributed by atoms with Crippen molar-refractivity contribution in [3.8, 4) is 0 Å². The molecule has 1 saturated carbocycles. The molecule has 0 bridgehead atoms. The lowest BCUT2D eigenvalue weighted by Gasteiger charge is -2.29. The maximum absolute atomic E-state index is 12.0. The number of nitrogens with one attached hydrogen (secondary N) is 3. The zero-order valence-electron chi connectivity index (χ0n) is 17.1. The molecule has 0 radical (unpaired) electrons. The van der Waals surface area contributed by atoms with Crippen LogP contribution in [0.1, 0.15) is 72.1 Å². The minimum absolute atomic E-state index is 0.0621. The summed E-state index contributed by atoms with van der Waals surface area (Å²) in [6, 6.07) is 0. The van der Waals surface area contributed by atoms with Crippen LogP contribution in [0.2, 0.25) is 0 Å². The van der Waals surface area contributed by atoms with E-state index in [4.69, 9.17) is 4.99 Å². The molecule has 0 heterocycles. The Bertz CT molecular complexity index is 416. The molecule has 4 N–H and O–H groups in total. The molecule has 1 aliphatic carbocycles. The second-order valence-electron chi connectivity index (χ2n) is 7.51. The smallest absolute Gasteiger partial charge is 0.220 e. The number of carbonyl (C=O) groups is 1. The number of guanidine groups is 1. The Morgan fingerprint density at radius 1 is 1.08 bits per heavy atom. The zero-order valence-corrected chi connectivity index (χ0v) is 17.1. The molecule has 0 atom stereocenters. The van der Waals surface area contributed by atoms with E-state index < -0.39 is 0 Å². The summed E-state index contributed by atoms with van der Waals surface area (Å²) in [5, 5.41) is 18.9. The molecule has 0 aromatic rings. The van der Waals surface area contributed by atoms with Crippen molar-refractivity contribution in [3.63, 3.8) is 0 Å². The molecule has 0 aromatic carbocycles. The van der Waals surface area contributed by atoms with Crippen molar-refractivity contribution >= 4 is 11.9 Å². The lowest BCUT2D eigenvalue weighted by atomic mass is 9.79. The van der Waals surface area contributed by atoms with Crippen molar-refractivity contribution in [2.24, 2.45) is 16.3 Å². The molecule has 0 aliphatic heterocycles. The van der Waals surface area contributed by atoms with E-state index in [2.05, 4.69) is 29.8 Å². The van der Waals surface area contributed by atoms with Crippen molar-refractivity contribution in [1.82, 2.24) is 16.0 Å². The van der Waals surface area contributed by atoms with E-state index in [1.807, 2.05) is 6.92 Å². The van der Waals surface area contributed by atoms with Gasteiger partial charge in [0.2, 0.25) is 5.91 Å². The SMILES string of the molecule is CCNC(=NCC(CC)(CC)CCO)NCCNC(=O)CC1CCCC1. The highest BCUT2D eigenvalue weighted by atomic mass is 16.3. The van der Waals surface area contributed by atoms with Gasteiger partial charge in [-0.15, -0.1) is 0 Å². The van der Waals surface area contributed by atoms with Crippen molar-refractivity contribution in [1.29, 1.82) is 0 Å². The molecule has 6 heteroatoms. The number of hydrogen-bond donors (Lipinski definition) is 4. The van der Waals surface area contributed by atoms with E-state index in [-0.39, 0.29) is 17.9 Å². The van der Waals surface area contributed by atoms with Crippen molar-refractivity contribution in [2.45, 2.75) is 72.1 Å². The van der Waals surface area contributed by atoms with Gasteiger partial charge in [-0.25, -0.2) is 0 Å². The van der Waals surface area contributed by atoms with Gasteiger partial charge in [-0.05, 0) is 50.4 Å². The van der Waals surface area contributed by atoms with E-state index in [1.165, 1.54) is 25.7 Å². The average Bonchev–Trinajstić information content (AvgIpc) is 3.15. The Balaban J connectivity index is 2.37. The maximum atomic E-state index is 12.0. The summed E-state index contributed by atoms with van der Waals surface area (Å²) in [6.07, 6.45) is 8.41. The third-order valence-corrected chi connectivity index (χ3v) is 5.75. The number of nitrogens with zero attached hydrogens (tertiary/aromatic N) is 1. The van der Waals surface area contributed by atoms with Crippen LogP contribution in [0, 0.1) is 11.3 Å². The number of aliphatic hydroxyl groups excluding tert-OH is 1. The van der Waals surface area contributed by atoms with Crippen LogP contribution < -0.4 is 16.0 Å². The Labute approximate surface area is 159 Å². The van der Waals surface area contributed by atoms with Gasteiger partial charge in [0.15, 0.2) is 5.96 Å². The number of amides is 1. The fraction of sp³-hybridized carbons (Fsp3) is 0.900. The van der Waals surface area contributed by atoms with Crippen molar-refractivity contribution < 1.29 is 9.90 Å². The van der Waals surface area contributed by atoms with Crippen LogP contribution in [0.4, 0.5) is 0 Å². The van der Waals surface area contributed by atoms with Crippen molar-refractivity contribution in [2.75, 3.05) is 32.8 Å². The molecule has 1 amide bonds. The summed E-state index contributed by atoms with van der Waals surface area (Å²) < 4.78 is 0. The molecule has 1 rings (SSSR count). The second-order valence-corrected chi connectivity index (χ2v) is 7.51. The van der Waals surface area contributed by atoms with E-state index in [1.54, 1.807) is 0 Å². The van der Waals surface area contributed by atoms with Gasteiger partial charge in [0.25, 0.3) is 0 Å². The molecule has 1 aliphatic rings. The first-order valence-corrected chi connectivity index (χ1v) is 10.5. The topological polar surface area (TPSA) is 85.8 Å². The summed E-state index contributed by atoms with van der Waals surface area (Å²) in [7, 11) is 0. The minimum atomic E-state index is 0.0621. The zero-order chi connectivity index (χ0) is 19.3. The highest BCUT2D eigenvalue weighted by Gasteiger charge is 2.25.